The molecule has 2 aromatic carbocycles. The minimum absolute atomic E-state index is 0.164. The number of nitrogens with zero attached hydrogens (tertiary/aromatic N) is 1. The maximum atomic E-state index is 12.6. The number of ether oxygens (including phenoxy) is 3. The standard InChI is InChI=1S/C24H27NO7S/c1-25(14-7-15-30-18-8-6-9-20(16-18)33(3,27)28)24(26)23-13-12-19(32-23)17-31-22-11-5-4-10-21(22)29-2/h4-6,8-13,16H,7,14-15,17H2,1-3H3. The Bertz CT molecular complexity index is 1190. The van der Waals surface area contributed by atoms with E-state index in [1.807, 2.05) is 12.1 Å². The molecule has 33 heavy (non-hydrogen) atoms. The molecule has 176 valence electrons. The molecule has 0 bridgehead atoms. The Labute approximate surface area is 193 Å². The second kappa shape index (κ2) is 10.9. The van der Waals surface area contributed by atoms with Crippen LogP contribution in [0.3, 0.4) is 0 Å². The van der Waals surface area contributed by atoms with Crippen molar-refractivity contribution in [2.45, 2.75) is 17.9 Å². The monoisotopic (exact) mass is 473 g/mol. The Morgan fingerprint density at radius 3 is 2.48 bits per heavy atom. The quantitative estimate of drug-likeness (QED) is 0.391. The predicted octanol–water partition coefficient (Wildman–Crippen LogP) is 3.81. The van der Waals surface area contributed by atoms with Gasteiger partial charge in [-0.25, -0.2) is 8.42 Å². The number of hydrogen-bond acceptors (Lipinski definition) is 7. The molecule has 0 aliphatic rings. The van der Waals surface area contributed by atoms with Crippen molar-refractivity contribution in [1.82, 2.24) is 4.90 Å². The summed E-state index contributed by atoms with van der Waals surface area (Å²) in [6.45, 7) is 0.942. The first kappa shape index (κ1) is 24.2. The van der Waals surface area contributed by atoms with Gasteiger partial charge in [-0.1, -0.05) is 18.2 Å². The molecule has 0 spiro atoms. The van der Waals surface area contributed by atoms with Crippen LogP contribution in [0.4, 0.5) is 0 Å². The summed E-state index contributed by atoms with van der Waals surface area (Å²) in [6.07, 6.45) is 1.72. The third kappa shape index (κ3) is 6.76. The first-order valence-corrected chi connectivity index (χ1v) is 12.2. The van der Waals surface area contributed by atoms with E-state index < -0.39 is 9.84 Å². The predicted molar refractivity (Wildman–Crippen MR) is 123 cm³/mol. The van der Waals surface area contributed by atoms with Gasteiger partial charge in [0.2, 0.25) is 0 Å². The zero-order chi connectivity index (χ0) is 23.8. The van der Waals surface area contributed by atoms with Gasteiger partial charge in [0.05, 0.1) is 18.6 Å². The molecule has 1 amide bonds. The van der Waals surface area contributed by atoms with Gasteiger partial charge in [0.1, 0.15) is 18.1 Å². The number of carbonyl (C=O) groups excluding carboxylic acids is 1. The van der Waals surface area contributed by atoms with Crippen molar-refractivity contribution in [2.75, 3.05) is 33.6 Å². The van der Waals surface area contributed by atoms with Crippen molar-refractivity contribution in [3.8, 4) is 17.2 Å². The zero-order valence-corrected chi connectivity index (χ0v) is 19.6. The third-order valence-electron chi connectivity index (χ3n) is 4.80. The molecular weight excluding hydrogens is 446 g/mol. The number of amides is 1. The van der Waals surface area contributed by atoms with E-state index in [1.165, 1.54) is 12.1 Å². The minimum atomic E-state index is -3.29. The topological polar surface area (TPSA) is 95.3 Å². The molecule has 0 atom stereocenters. The van der Waals surface area contributed by atoms with Crippen molar-refractivity contribution in [1.29, 1.82) is 0 Å². The van der Waals surface area contributed by atoms with Crippen LogP contribution >= 0.6 is 0 Å². The fraction of sp³-hybridized carbons (Fsp3) is 0.292. The van der Waals surface area contributed by atoms with E-state index in [2.05, 4.69) is 0 Å². The highest BCUT2D eigenvalue weighted by Gasteiger charge is 2.16. The lowest BCUT2D eigenvalue weighted by Gasteiger charge is -2.16. The van der Waals surface area contributed by atoms with Crippen LogP contribution in [0.1, 0.15) is 22.7 Å². The van der Waals surface area contributed by atoms with Crippen LogP contribution in [0.5, 0.6) is 17.2 Å². The Kier molecular flexibility index (Phi) is 8.00. The van der Waals surface area contributed by atoms with Gasteiger partial charge in [-0.2, -0.15) is 0 Å². The highest BCUT2D eigenvalue weighted by Crippen LogP contribution is 2.27. The SMILES string of the molecule is COc1ccccc1OCc1ccc(C(=O)N(C)CCCOc2cccc(S(C)(=O)=O)c2)o1. The van der Waals surface area contributed by atoms with Crippen LogP contribution in [0.25, 0.3) is 0 Å². The Hall–Kier alpha value is -3.46. The summed E-state index contributed by atoms with van der Waals surface area (Å²) in [7, 11) is -0.0418. The molecule has 0 saturated carbocycles. The maximum absolute atomic E-state index is 12.6. The van der Waals surface area contributed by atoms with Crippen molar-refractivity contribution in [2.24, 2.45) is 0 Å². The van der Waals surface area contributed by atoms with Crippen molar-refractivity contribution in [3.05, 3.63) is 72.2 Å². The van der Waals surface area contributed by atoms with Gasteiger partial charge < -0.3 is 23.5 Å². The summed E-state index contributed by atoms with van der Waals surface area (Å²) < 4.78 is 45.5. The molecule has 9 heteroatoms. The largest absolute Gasteiger partial charge is 0.493 e. The molecule has 0 saturated heterocycles. The average molecular weight is 474 g/mol. The van der Waals surface area contributed by atoms with Gasteiger partial charge in [-0.15, -0.1) is 0 Å². The molecule has 3 aromatic rings. The summed E-state index contributed by atoms with van der Waals surface area (Å²) in [5, 5.41) is 0. The molecule has 0 aliphatic carbocycles. The number of methoxy groups -OCH3 is 1. The van der Waals surface area contributed by atoms with E-state index in [9.17, 15) is 13.2 Å². The van der Waals surface area contributed by atoms with E-state index in [-0.39, 0.29) is 23.2 Å². The van der Waals surface area contributed by atoms with Crippen LogP contribution in [0.15, 0.2) is 70.0 Å². The Morgan fingerprint density at radius 2 is 1.76 bits per heavy atom. The van der Waals surface area contributed by atoms with Crippen molar-refractivity contribution in [3.63, 3.8) is 0 Å². The maximum Gasteiger partial charge on any atom is 0.289 e. The van der Waals surface area contributed by atoms with Gasteiger partial charge in [0.25, 0.3) is 5.91 Å². The summed E-state index contributed by atoms with van der Waals surface area (Å²) >= 11 is 0. The zero-order valence-electron chi connectivity index (χ0n) is 18.8. The molecule has 3 rings (SSSR count). The number of sulfone groups is 1. The number of benzene rings is 2. The van der Waals surface area contributed by atoms with Gasteiger partial charge in [0, 0.05) is 19.8 Å². The van der Waals surface area contributed by atoms with Gasteiger partial charge >= 0.3 is 0 Å². The number of para-hydroxylation sites is 2. The minimum Gasteiger partial charge on any atom is -0.493 e. The lowest BCUT2D eigenvalue weighted by Crippen LogP contribution is -2.28. The summed E-state index contributed by atoms with van der Waals surface area (Å²) in [5.41, 5.74) is 0. The molecule has 0 N–H and O–H groups in total. The van der Waals surface area contributed by atoms with Crippen molar-refractivity contribution < 1.29 is 31.8 Å². The van der Waals surface area contributed by atoms with Crippen LogP contribution < -0.4 is 14.2 Å². The second-order valence-electron chi connectivity index (χ2n) is 7.38. The fourth-order valence-corrected chi connectivity index (χ4v) is 3.69. The summed E-state index contributed by atoms with van der Waals surface area (Å²) in [5.74, 6) is 2.16. The van der Waals surface area contributed by atoms with Crippen LogP contribution in [0, 0.1) is 0 Å². The summed E-state index contributed by atoms with van der Waals surface area (Å²) in [4.78, 5) is 14.4. The average Bonchev–Trinajstić information content (AvgIpc) is 3.28. The molecule has 0 radical (unpaired) electrons. The molecule has 8 nitrogen and oxygen atoms in total. The van der Waals surface area contributed by atoms with E-state index in [1.54, 1.807) is 55.5 Å². The lowest BCUT2D eigenvalue weighted by molar-refractivity contribution is 0.0752. The third-order valence-corrected chi connectivity index (χ3v) is 5.91. The summed E-state index contributed by atoms with van der Waals surface area (Å²) in [6, 6.07) is 16.9. The highest BCUT2D eigenvalue weighted by molar-refractivity contribution is 7.90. The van der Waals surface area contributed by atoms with Gasteiger partial charge in [-0.05, 0) is 48.9 Å². The lowest BCUT2D eigenvalue weighted by atomic mass is 10.3. The van der Waals surface area contributed by atoms with E-state index in [4.69, 9.17) is 18.6 Å². The van der Waals surface area contributed by atoms with E-state index >= 15 is 0 Å². The Balaban J connectivity index is 1.46. The highest BCUT2D eigenvalue weighted by atomic mass is 32.2. The molecule has 0 unspecified atom stereocenters. The normalized spacial score (nSPS) is 11.1. The van der Waals surface area contributed by atoms with Crippen molar-refractivity contribution >= 4 is 15.7 Å². The number of rotatable bonds is 11. The second-order valence-corrected chi connectivity index (χ2v) is 9.40. The first-order valence-electron chi connectivity index (χ1n) is 10.3. The number of furan rings is 1. The first-order chi connectivity index (χ1) is 15.8. The van der Waals surface area contributed by atoms with E-state index in [0.29, 0.717) is 42.6 Å². The van der Waals surface area contributed by atoms with Crippen LogP contribution in [-0.4, -0.2) is 52.8 Å². The number of hydrogen-bond donors (Lipinski definition) is 0. The number of carbonyl (C=O) groups is 1. The molecule has 0 aliphatic heterocycles. The van der Waals surface area contributed by atoms with E-state index in [0.717, 1.165) is 6.26 Å². The Morgan fingerprint density at radius 1 is 1.00 bits per heavy atom. The fourth-order valence-electron chi connectivity index (χ4n) is 3.03. The van der Waals surface area contributed by atoms with Crippen LogP contribution in [-0.2, 0) is 16.4 Å². The molecule has 1 aromatic heterocycles. The molecule has 0 fully saturated rings. The van der Waals surface area contributed by atoms with Crippen LogP contribution in [0.2, 0.25) is 0 Å². The van der Waals surface area contributed by atoms with Gasteiger partial charge in [0.15, 0.2) is 27.1 Å². The smallest absolute Gasteiger partial charge is 0.289 e. The molecule has 1 heterocycles. The molecular formula is C24H27NO7S. The van der Waals surface area contributed by atoms with Gasteiger partial charge in [-0.3, -0.25) is 4.79 Å².